The van der Waals surface area contributed by atoms with Gasteiger partial charge in [-0.05, 0) is 24.6 Å². The van der Waals surface area contributed by atoms with Crippen LogP contribution in [0.25, 0.3) is 0 Å². The van der Waals surface area contributed by atoms with Crippen molar-refractivity contribution in [1.82, 2.24) is 0 Å². The van der Waals surface area contributed by atoms with Crippen molar-refractivity contribution in [2.24, 2.45) is 5.16 Å². The number of hydrogen-bond acceptors (Lipinski definition) is 3. The largest absolute Gasteiger partial charge is 0.391 e. The zero-order valence-electron chi connectivity index (χ0n) is 7.40. The third kappa shape index (κ3) is 2.96. The number of nitriles is 1. The Morgan fingerprint density at radius 2 is 2.46 bits per heavy atom. The molecule has 1 aromatic rings. The molecule has 0 N–H and O–H groups in total. The number of benzene rings is 1. The van der Waals surface area contributed by atoms with Crippen molar-refractivity contribution in [3.05, 3.63) is 35.4 Å². The Bertz CT molecular complexity index is 339. The van der Waals surface area contributed by atoms with E-state index in [4.69, 9.17) is 10.1 Å². The summed E-state index contributed by atoms with van der Waals surface area (Å²) < 4.78 is 0. The van der Waals surface area contributed by atoms with Crippen LogP contribution in [0.3, 0.4) is 0 Å². The Kier molecular flexibility index (Phi) is 3.52. The Balaban J connectivity index is 2.62. The molecule has 0 heterocycles. The Morgan fingerprint density at radius 3 is 3.15 bits per heavy atom. The fraction of sp³-hybridized carbons (Fsp3) is 0.200. The van der Waals surface area contributed by atoms with Gasteiger partial charge in [0.1, 0.15) is 6.61 Å². The summed E-state index contributed by atoms with van der Waals surface area (Å²) in [5.41, 5.74) is 1.59. The predicted octanol–water partition coefficient (Wildman–Crippen LogP) is 2.08. The molecule has 0 fully saturated rings. The number of nitrogens with zero attached hydrogens (tertiary/aromatic N) is 2. The molecule has 0 aliphatic rings. The summed E-state index contributed by atoms with van der Waals surface area (Å²) in [7, 11) is 0. The van der Waals surface area contributed by atoms with E-state index in [1.54, 1.807) is 25.3 Å². The Hall–Kier alpha value is -1.82. The highest BCUT2D eigenvalue weighted by Crippen LogP contribution is 2.05. The average molecular weight is 174 g/mol. The molecule has 1 rings (SSSR count). The Labute approximate surface area is 77.2 Å². The van der Waals surface area contributed by atoms with Gasteiger partial charge in [0.15, 0.2) is 0 Å². The number of rotatable bonds is 3. The maximum atomic E-state index is 8.61. The van der Waals surface area contributed by atoms with Crippen LogP contribution < -0.4 is 0 Å². The molecule has 1 aromatic carbocycles. The normalized spacial score (nSPS) is 9.85. The molecule has 0 aromatic heterocycles. The first-order valence-corrected chi connectivity index (χ1v) is 3.96. The average Bonchev–Trinajstić information content (AvgIpc) is 2.19. The zero-order chi connectivity index (χ0) is 9.52. The van der Waals surface area contributed by atoms with Crippen LogP contribution in [-0.4, -0.2) is 6.21 Å². The quantitative estimate of drug-likeness (QED) is 0.520. The van der Waals surface area contributed by atoms with Crippen LogP contribution in [0.15, 0.2) is 29.4 Å². The lowest BCUT2D eigenvalue weighted by Gasteiger charge is -1.98. The van der Waals surface area contributed by atoms with Crippen LogP contribution in [0.2, 0.25) is 0 Å². The van der Waals surface area contributed by atoms with Gasteiger partial charge in [0.05, 0.1) is 11.6 Å². The number of hydrogen-bond donors (Lipinski definition) is 0. The minimum Gasteiger partial charge on any atom is -0.391 e. The molecule has 0 saturated heterocycles. The SMILES string of the molecule is CC=NOCc1cccc(C#N)c1. The standard InChI is InChI=1S/C10H10N2O/c1-2-12-13-8-10-5-3-4-9(6-10)7-11/h2-6H,8H2,1H3. The van der Waals surface area contributed by atoms with Crippen molar-refractivity contribution in [3.63, 3.8) is 0 Å². The molecule has 0 spiro atoms. The van der Waals surface area contributed by atoms with Crippen LogP contribution in [0.4, 0.5) is 0 Å². The van der Waals surface area contributed by atoms with Crippen LogP contribution in [0.1, 0.15) is 18.1 Å². The molecule has 0 saturated carbocycles. The molecular formula is C10H10N2O. The smallest absolute Gasteiger partial charge is 0.142 e. The summed E-state index contributed by atoms with van der Waals surface area (Å²) in [6.45, 7) is 2.19. The van der Waals surface area contributed by atoms with E-state index in [1.165, 1.54) is 0 Å². The second-order valence-electron chi connectivity index (χ2n) is 2.45. The van der Waals surface area contributed by atoms with Crippen LogP contribution in [-0.2, 0) is 11.4 Å². The molecule has 0 aliphatic carbocycles. The molecule has 0 amide bonds. The minimum atomic E-state index is 0.403. The van der Waals surface area contributed by atoms with E-state index >= 15 is 0 Å². The predicted molar refractivity (Wildman–Crippen MR) is 50.1 cm³/mol. The van der Waals surface area contributed by atoms with Gasteiger partial charge in [-0.15, -0.1) is 0 Å². The van der Waals surface area contributed by atoms with E-state index in [0.29, 0.717) is 12.2 Å². The maximum absolute atomic E-state index is 8.61. The summed E-state index contributed by atoms with van der Waals surface area (Å²) >= 11 is 0. The second-order valence-corrected chi connectivity index (χ2v) is 2.45. The van der Waals surface area contributed by atoms with Crippen molar-refractivity contribution < 1.29 is 4.84 Å². The monoisotopic (exact) mass is 174 g/mol. The van der Waals surface area contributed by atoms with Gasteiger partial charge in [0, 0.05) is 6.21 Å². The molecule has 66 valence electrons. The van der Waals surface area contributed by atoms with Gasteiger partial charge in [0.25, 0.3) is 0 Å². The van der Waals surface area contributed by atoms with E-state index in [2.05, 4.69) is 11.2 Å². The fourth-order valence-corrected chi connectivity index (χ4v) is 0.917. The summed E-state index contributed by atoms with van der Waals surface area (Å²) in [5.74, 6) is 0. The second kappa shape index (κ2) is 4.94. The van der Waals surface area contributed by atoms with Gasteiger partial charge in [-0.25, -0.2) is 0 Å². The van der Waals surface area contributed by atoms with E-state index in [1.807, 2.05) is 12.1 Å². The molecule has 3 heteroatoms. The number of oxime groups is 1. The van der Waals surface area contributed by atoms with Gasteiger partial charge in [-0.1, -0.05) is 17.3 Å². The molecular weight excluding hydrogens is 164 g/mol. The summed E-state index contributed by atoms with van der Waals surface area (Å²) in [5, 5.41) is 12.2. The van der Waals surface area contributed by atoms with Crippen molar-refractivity contribution in [2.45, 2.75) is 13.5 Å². The van der Waals surface area contributed by atoms with E-state index < -0.39 is 0 Å². The van der Waals surface area contributed by atoms with Gasteiger partial charge >= 0.3 is 0 Å². The minimum absolute atomic E-state index is 0.403. The van der Waals surface area contributed by atoms with Crippen molar-refractivity contribution in [1.29, 1.82) is 5.26 Å². The first kappa shape index (κ1) is 9.27. The molecule has 0 radical (unpaired) electrons. The summed E-state index contributed by atoms with van der Waals surface area (Å²) in [6.07, 6.45) is 1.58. The lowest BCUT2D eigenvalue weighted by Crippen LogP contribution is -1.87. The topological polar surface area (TPSA) is 45.4 Å². The highest BCUT2D eigenvalue weighted by atomic mass is 16.6. The third-order valence-corrected chi connectivity index (χ3v) is 1.47. The summed E-state index contributed by atoms with van der Waals surface area (Å²) in [4.78, 5) is 4.93. The first-order valence-electron chi connectivity index (χ1n) is 3.96. The van der Waals surface area contributed by atoms with Crippen molar-refractivity contribution in [2.75, 3.05) is 0 Å². The van der Waals surface area contributed by atoms with Crippen LogP contribution in [0, 0.1) is 11.3 Å². The molecule has 0 aliphatic heterocycles. The fourth-order valence-electron chi connectivity index (χ4n) is 0.917. The summed E-state index contributed by atoms with van der Waals surface area (Å²) in [6, 6.07) is 9.32. The van der Waals surface area contributed by atoms with E-state index in [-0.39, 0.29) is 0 Å². The van der Waals surface area contributed by atoms with Crippen LogP contribution in [0.5, 0.6) is 0 Å². The maximum Gasteiger partial charge on any atom is 0.142 e. The van der Waals surface area contributed by atoms with E-state index in [0.717, 1.165) is 5.56 Å². The first-order chi connectivity index (χ1) is 6.36. The lowest BCUT2D eigenvalue weighted by atomic mass is 10.1. The van der Waals surface area contributed by atoms with Gasteiger partial charge in [0.2, 0.25) is 0 Å². The highest BCUT2D eigenvalue weighted by molar-refractivity contribution is 5.52. The highest BCUT2D eigenvalue weighted by Gasteiger charge is 1.94. The Morgan fingerprint density at radius 1 is 1.62 bits per heavy atom. The molecule has 0 unspecified atom stereocenters. The molecule has 13 heavy (non-hydrogen) atoms. The van der Waals surface area contributed by atoms with Gasteiger partial charge in [-0.2, -0.15) is 5.26 Å². The van der Waals surface area contributed by atoms with Gasteiger partial charge in [-0.3, -0.25) is 0 Å². The third-order valence-electron chi connectivity index (χ3n) is 1.47. The zero-order valence-corrected chi connectivity index (χ0v) is 7.40. The van der Waals surface area contributed by atoms with Crippen LogP contribution >= 0.6 is 0 Å². The molecule has 0 bridgehead atoms. The van der Waals surface area contributed by atoms with Gasteiger partial charge < -0.3 is 4.84 Å². The lowest BCUT2D eigenvalue weighted by molar-refractivity contribution is 0.132. The molecule has 0 atom stereocenters. The molecule has 3 nitrogen and oxygen atoms in total. The van der Waals surface area contributed by atoms with E-state index in [9.17, 15) is 0 Å². The van der Waals surface area contributed by atoms with Crippen molar-refractivity contribution in [3.8, 4) is 6.07 Å². The van der Waals surface area contributed by atoms with Crippen molar-refractivity contribution >= 4 is 6.21 Å².